The molecule has 0 spiro atoms. The van der Waals surface area contributed by atoms with E-state index in [9.17, 15) is 0 Å². The van der Waals surface area contributed by atoms with Crippen LogP contribution < -0.4 is 5.73 Å². The monoisotopic (exact) mass is 281 g/mol. The average Bonchev–Trinajstić information content (AvgIpc) is 2.89. The van der Waals surface area contributed by atoms with Gasteiger partial charge in [-0.25, -0.2) is 0 Å². The molecule has 0 heterocycles. The number of hydrogen-bond donors (Lipinski definition) is 1. The van der Waals surface area contributed by atoms with E-state index < -0.39 is 0 Å². The summed E-state index contributed by atoms with van der Waals surface area (Å²) in [6.07, 6.45) is 6.30. The van der Waals surface area contributed by atoms with Gasteiger partial charge in [-0.05, 0) is 43.4 Å². The molecule has 19 heavy (non-hydrogen) atoms. The number of hydrogen-bond acceptors (Lipinski definition) is 2. The van der Waals surface area contributed by atoms with Crippen LogP contribution in [0.3, 0.4) is 0 Å². The molecule has 0 amide bonds. The first-order valence-corrected chi connectivity index (χ1v) is 7.64. The predicted molar refractivity (Wildman–Crippen MR) is 80.5 cm³/mol. The summed E-state index contributed by atoms with van der Waals surface area (Å²) in [5.74, 6) is 0.742. The van der Waals surface area contributed by atoms with Gasteiger partial charge in [0.15, 0.2) is 0 Å². The molecule has 2 atom stereocenters. The highest BCUT2D eigenvalue weighted by Gasteiger charge is 2.20. The Hall–Kier alpha value is -0.570. The van der Waals surface area contributed by atoms with Gasteiger partial charge in [0.05, 0.1) is 6.10 Å². The van der Waals surface area contributed by atoms with Crippen molar-refractivity contribution in [1.82, 2.24) is 0 Å². The summed E-state index contributed by atoms with van der Waals surface area (Å²) >= 11 is 5.90. The lowest BCUT2D eigenvalue weighted by atomic mass is 10.0. The zero-order valence-electron chi connectivity index (χ0n) is 11.6. The maximum Gasteiger partial charge on any atom is 0.0763 e. The van der Waals surface area contributed by atoms with Crippen molar-refractivity contribution < 1.29 is 4.74 Å². The van der Waals surface area contributed by atoms with Gasteiger partial charge >= 0.3 is 0 Å². The second kappa shape index (κ2) is 7.28. The van der Waals surface area contributed by atoms with Crippen molar-refractivity contribution in [2.75, 3.05) is 6.61 Å². The minimum absolute atomic E-state index is 0.0529. The van der Waals surface area contributed by atoms with Crippen LogP contribution in [0.4, 0.5) is 0 Å². The third-order valence-electron chi connectivity index (χ3n) is 3.96. The second-order valence-electron chi connectivity index (χ2n) is 5.71. The van der Waals surface area contributed by atoms with Crippen LogP contribution in [0.15, 0.2) is 24.3 Å². The number of halogens is 1. The molecule has 2 N–H and O–H groups in total. The molecule has 2 nitrogen and oxygen atoms in total. The molecule has 0 aromatic heterocycles. The van der Waals surface area contributed by atoms with Gasteiger partial charge in [0, 0.05) is 24.1 Å². The van der Waals surface area contributed by atoms with Crippen molar-refractivity contribution in [2.24, 2.45) is 11.7 Å². The number of nitrogens with two attached hydrogens (primary N) is 1. The number of ether oxygens (including phenoxy) is 1. The summed E-state index contributed by atoms with van der Waals surface area (Å²) in [5, 5.41) is 0.771. The van der Waals surface area contributed by atoms with Gasteiger partial charge in [-0.3, -0.25) is 0 Å². The second-order valence-corrected chi connectivity index (χ2v) is 6.15. The number of benzene rings is 1. The van der Waals surface area contributed by atoms with Crippen molar-refractivity contribution in [1.29, 1.82) is 0 Å². The summed E-state index contributed by atoms with van der Waals surface area (Å²) in [7, 11) is 0. The van der Waals surface area contributed by atoms with Crippen molar-refractivity contribution in [3.8, 4) is 0 Å². The highest BCUT2D eigenvalue weighted by molar-refractivity contribution is 6.30. The lowest BCUT2D eigenvalue weighted by molar-refractivity contribution is 0.0185. The minimum atomic E-state index is 0.0529. The SMILES string of the molecule is CC(N)C(Cc1ccc(Cl)cc1)OCC1CCCC1. The standard InChI is InChI=1S/C16H24ClNO/c1-12(18)16(19-11-14-4-2-3-5-14)10-13-6-8-15(17)9-7-13/h6-9,12,14,16H,2-5,10-11,18H2,1H3. The van der Waals surface area contributed by atoms with E-state index in [1.54, 1.807) is 0 Å². The molecule has 1 saturated carbocycles. The molecule has 2 unspecified atom stereocenters. The fraction of sp³-hybridized carbons (Fsp3) is 0.625. The zero-order chi connectivity index (χ0) is 13.7. The van der Waals surface area contributed by atoms with Crippen LogP contribution in [-0.2, 0) is 11.2 Å². The van der Waals surface area contributed by atoms with Crippen LogP contribution in [0, 0.1) is 5.92 Å². The quantitative estimate of drug-likeness (QED) is 0.861. The van der Waals surface area contributed by atoms with Gasteiger partial charge in [0.25, 0.3) is 0 Å². The van der Waals surface area contributed by atoms with Gasteiger partial charge in [0.2, 0.25) is 0 Å². The van der Waals surface area contributed by atoms with Gasteiger partial charge in [-0.15, -0.1) is 0 Å². The Morgan fingerprint density at radius 3 is 2.47 bits per heavy atom. The summed E-state index contributed by atoms with van der Waals surface area (Å²) in [6, 6.07) is 8.00. The van der Waals surface area contributed by atoms with Gasteiger partial charge < -0.3 is 10.5 Å². The third-order valence-corrected chi connectivity index (χ3v) is 4.21. The average molecular weight is 282 g/mol. The Labute approximate surface area is 121 Å². The van der Waals surface area contributed by atoms with Crippen molar-refractivity contribution in [2.45, 2.75) is 51.2 Å². The normalized spacial score (nSPS) is 19.5. The number of rotatable bonds is 6. The van der Waals surface area contributed by atoms with Crippen molar-refractivity contribution >= 4 is 11.6 Å². The van der Waals surface area contributed by atoms with Crippen LogP contribution in [0.5, 0.6) is 0 Å². The van der Waals surface area contributed by atoms with E-state index in [0.29, 0.717) is 0 Å². The molecule has 0 saturated heterocycles. The molecule has 1 aromatic rings. The van der Waals surface area contributed by atoms with Crippen LogP contribution in [0.1, 0.15) is 38.2 Å². The molecular weight excluding hydrogens is 258 g/mol. The largest absolute Gasteiger partial charge is 0.376 e. The first-order chi connectivity index (χ1) is 9.15. The van der Waals surface area contributed by atoms with Crippen LogP contribution >= 0.6 is 11.6 Å². The van der Waals surface area contributed by atoms with Gasteiger partial charge in [-0.2, -0.15) is 0 Å². The minimum Gasteiger partial charge on any atom is -0.376 e. The Morgan fingerprint density at radius 2 is 1.89 bits per heavy atom. The molecule has 0 bridgehead atoms. The first kappa shape index (κ1) is 14.8. The van der Waals surface area contributed by atoms with Gasteiger partial charge in [-0.1, -0.05) is 36.6 Å². The molecule has 3 heteroatoms. The van der Waals surface area contributed by atoms with E-state index in [-0.39, 0.29) is 12.1 Å². The topological polar surface area (TPSA) is 35.2 Å². The van der Waals surface area contributed by atoms with Crippen LogP contribution in [0.25, 0.3) is 0 Å². The molecular formula is C16H24ClNO. The molecule has 1 aromatic carbocycles. The lowest BCUT2D eigenvalue weighted by Crippen LogP contribution is -2.36. The Morgan fingerprint density at radius 1 is 1.26 bits per heavy atom. The summed E-state index contributed by atoms with van der Waals surface area (Å²) in [5.41, 5.74) is 7.28. The van der Waals surface area contributed by atoms with E-state index in [0.717, 1.165) is 24.0 Å². The first-order valence-electron chi connectivity index (χ1n) is 7.27. The molecule has 1 fully saturated rings. The van der Waals surface area contributed by atoms with Gasteiger partial charge in [0.1, 0.15) is 0 Å². The molecule has 1 aliphatic carbocycles. The highest BCUT2D eigenvalue weighted by atomic mass is 35.5. The van der Waals surface area contributed by atoms with Crippen molar-refractivity contribution in [3.63, 3.8) is 0 Å². The van der Waals surface area contributed by atoms with E-state index in [1.165, 1.54) is 31.2 Å². The third kappa shape index (κ3) is 4.79. The molecule has 0 radical (unpaired) electrons. The molecule has 2 rings (SSSR count). The fourth-order valence-corrected chi connectivity index (χ4v) is 2.81. The molecule has 0 aliphatic heterocycles. The fourth-order valence-electron chi connectivity index (χ4n) is 2.69. The van der Waals surface area contributed by atoms with E-state index in [4.69, 9.17) is 22.1 Å². The van der Waals surface area contributed by atoms with Crippen molar-refractivity contribution in [3.05, 3.63) is 34.9 Å². The molecule has 1 aliphatic rings. The smallest absolute Gasteiger partial charge is 0.0763 e. The highest BCUT2D eigenvalue weighted by Crippen LogP contribution is 2.25. The van der Waals surface area contributed by atoms with E-state index in [2.05, 4.69) is 12.1 Å². The van der Waals surface area contributed by atoms with Crippen LogP contribution in [0.2, 0.25) is 5.02 Å². The summed E-state index contributed by atoms with van der Waals surface area (Å²) in [4.78, 5) is 0. The van der Waals surface area contributed by atoms with E-state index in [1.807, 2.05) is 19.1 Å². The summed E-state index contributed by atoms with van der Waals surface area (Å²) < 4.78 is 6.06. The maximum absolute atomic E-state index is 6.06. The van der Waals surface area contributed by atoms with E-state index >= 15 is 0 Å². The Balaban J connectivity index is 1.86. The lowest BCUT2D eigenvalue weighted by Gasteiger charge is -2.23. The summed E-state index contributed by atoms with van der Waals surface area (Å²) in [6.45, 7) is 2.88. The molecule has 106 valence electrons. The Bertz CT molecular complexity index is 371. The Kier molecular flexibility index (Phi) is 5.68. The maximum atomic E-state index is 6.06. The zero-order valence-corrected chi connectivity index (χ0v) is 12.4. The van der Waals surface area contributed by atoms with Crippen LogP contribution in [-0.4, -0.2) is 18.8 Å². The predicted octanol–water partition coefficient (Wildman–Crippen LogP) is 3.81.